The standard InChI is InChI=1S/C14H20O3/c1-4-12(15)10(3)8-11-6-7-13(16)14(9-11)17-5-2/h6-7,9-10,16H,4-5,8H2,1-3H3. The summed E-state index contributed by atoms with van der Waals surface area (Å²) >= 11 is 0. The predicted molar refractivity (Wildman–Crippen MR) is 67.4 cm³/mol. The fourth-order valence-electron chi connectivity index (χ4n) is 1.77. The molecule has 0 fully saturated rings. The molecule has 1 rings (SSSR count). The topological polar surface area (TPSA) is 46.5 Å². The highest BCUT2D eigenvalue weighted by atomic mass is 16.5. The van der Waals surface area contributed by atoms with E-state index in [9.17, 15) is 9.90 Å². The van der Waals surface area contributed by atoms with E-state index in [1.165, 1.54) is 0 Å². The van der Waals surface area contributed by atoms with Gasteiger partial charge < -0.3 is 9.84 Å². The second-order valence-corrected chi connectivity index (χ2v) is 4.16. The number of phenols is 1. The summed E-state index contributed by atoms with van der Waals surface area (Å²) in [7, 11) is 0. The van der Waals surface area contributed by atoms with Crippen molar-refractivity contribution in [2.24, 2.45) is 5.92 Å². The number of aromatic hydroxyl groups is 1. The molecule has 0 bridgehead atoms. The molecule has 0 amide bonds. The van der Waals surface area contributed by atoms with Gasteiger partial charge in [0.1, 0.15) is 5.78 Å². The summed E-state index contributed by atoms with van der Waals surface area (Å²) in [5.41, 5.74) is 1.01. The average Bonchev–Trinajstić information content (AvgIpc) is 2.32. The van der Waals surface area contributed by atoms with Gasteiger partial charge in [0.25, 0.3) is 0 Å². The van der Waals surface area contributed by atoms with Gasteiger partial charge in [-0.25, -0.2) is 0 Å². The zero-order chi connectivity index (χ0) is 12.8. The lowest BCUT2D eigenvalue weighted by molar-refractivity contribution is -0.122. The Morgan fingerprint density at radius 1 is 1.41 bits per heavy atom. The Bertz CT molecular complexity index is 385. The van der Waals surface area contributed by atoms with Gasteiger partial charge in [-0.15, -0.1) is 0 Å². The van der Waals surface area contributed by atoms with E-state index in [2.05, 4.69) is 0 Å². The Balaban J connectivity index is 2.78. The van der Waals surface area contributed by atoms with Crippen molar-refractivity contribution in [3.8, 4) is 11.5 Å². The van der Waals surface area contributed by atoms with Crippen LogP contribution in [0, 0.1) is 5.92 Å². The second kappa shape index (κ2) is 6.28. The summed E-state index contributed by atoms with van der Waals surface area (Å²) < 4.78 is 5.31. The quantitative estimate of drug-likeness (QED) is 0.826. The van der Waals surface area contributed by atoms with E-state index in [0.29, 0.717) is 25.2 Å². The Hall–Kier alpha value is -1.51. The van der Waals surface area contributed by atoms with Gasteiger partial charge in [0.2, 0.25) is 0 Å². The maximum absolute atomic E-state index is 11.5. The minimum atomic E-state index is 0.0130. The normalized spacial score (nSPS) is 12.2. The SMILES string of the molecule is CCOc1cc(CC(C)C(=O)CC)ccc1O. The van der Waals surface area contributed by atoms with E-state index in [1.807, 2.05) is 26.8 Å². The maximum atomic E-state index is 11.5. The van der Waals surface area contributed by atoms with Crippen LogP contribution >= 0.6 is 0 Å². The molecule has 0 spiro atoms. The number of benzene rings is 1. The van der Waals surface area contributed by atoms with Crippen molar-refractivity contribution < 1.29 is 14.6 Å². The van der Waals surface area contributed by atoms with Crippen molar-refractivity contribution in [1.82, 2.24) is 0 Å². The van der Waals surface area contributed by atoms with Gasteiger partial charge in [-0.05, 0) is 31.0 Å². The van der Waals surface area contributed by atoms with Crippen molar-refractivity contribution in [3.05, 3.63) is 23.8 Å². The predicted octanol–water partition coefficient (Wildman–Crippen LogP) is 2.95. The molecule has 0 heterocycles. The molecule has 0 saturated carbocycles. The number of ether oxygens (including phenoxy) is 1. The van der Waals surface area contributed by atoms with Crippen LogP contribution in [0.5, 0.6) is 11.5 Å². The van der Waals surface area contributed by atoms with Crippen LogP contribution in [0.2, 0.25) is 0 Å². The number of carbonyl (C=O) groups is 1. The van der Waals surface area contributed by atoms with Crippen molar-refractivity contribution in [3.63, 3.8) is 0 Å². The lowest BCUT2D eigenvalue weighted by Crippen LogP contribution is -2.12. The van der Waals surface area contributed by atoms with E-state index in [0.717, 1.165) is 5.56 Å². The highest BCUT2D eigenvalue weighted by Crippen LogP contribution is 2.27. The third-order valence-electron chi connectivity index (χ3n) is 2.76. The molecule has 0 aromatic heterocycles. The molecule has 1 aromatic carbocycles. The molecule has 1 aromatic rings. The molecule has 0 radical (unpaired) electrons. The number of hydrogen-bond donors (Lipinski definition) is 1. The van der Waals surface area contributed by atoms with Crippen LogP contribution in [0.4, 0.5) is 0 Å². The number of phenolic OH excluding ortho intramolecular Hbond substituents is 1. The van der Waals surface area contributed by atoms with Crippen LogP contribution < -0.4 is 4.74 Å². The second-order valence-electron chi connectivity index (χ2n) is 4.16. The van der Waals surface area contributed by atoms with Gasteiger partial charge in [0, 0.05) is 12.3 Å². The van der Waals surface area contributed by atoms with Crippen LogP contribution in [0.3, 0.4) is 0 Å². The monoisotopic (exact) mass is 236 g/mol. The summed E-state index contributed by atoms with van der Waals surface area (Å²) in [5.74, 6) is 0.904. The van der Waals surface area contributed by atoms with E-state index in [1.54, 1.807) is 12.1 Å². The first-order valence-corrected chi connectivity index (χ1v) is 6.05. The van der Waals surface area contributed by atoms with Gasteiger partial charge >= 0.3 is 0 Å². The molecule has 0 aliphatic heterocycles. The van der Waals surface area contributed by atoms with Gasteiger partial charge in [0.05, 0.1) is 6.61 Å². The molecule has 17 heavy (non-hydrogen) atoms. The Morgan fingerprint density at radius 2 is 2.12 bits per heavy atom. The van der Waals surface area contributed by atoms with Crippen LogP contribution in [-0.2, 0) is 11.2 Å². The fraction of sp³-hybridized carbons (Fsp3) is 0.500. The highest BCUT2D eigenvalue weighted by Gasteiger charge is 2.12. The first-order chi connectivity index (χ1) is 8.08. The Morgan fingerprint density at radius 3 is 2.71 bits per heavy atom. The largest absolute Gasteiger partial charge is 0.504 e. The first kappa shape index (κ1) is 13.6. The zero-order valence-corrected chi connectivity index (χ0v) is 10.7. The summed E-state index contributed by atoms with van der Waals surface area (Å²) in [6.07, 6.45) is 1.25. The molecule has 1 N–H and O–H groups in total. The van der Waals surface area contributed by atoms with E-state index in [-0.39, 0.29) is 17.5 Å². The van der Waals surface area contributed by atoms with Gasteiger partial charge in [-0.1, -0.05) is 19.9 Å². The zero-order valence-electron chi connectivity index (χ0n) is 10.7. The Labute approximate surface area is 102 Å². The number of Topliss-reactive ketones (excluding diaryl/α,β-unsaturated/α-hetero) is 1. The van der Waals surface area contributed by atoms with Crippen molar-refractivity contribution in [1.29, 1.82) is 0 Å². The molecular formula is C14H20O3. The summed E-state index contributed by atoms with van der Waals surface area (Å²) in [4.78, 5) is 11.5. The number of rotatable bonds is 6. The fourth-order valence-corrected chi connectivity index (χ4v) is 1.77. The molecule has 3 heteroatoms. The van der Waals surface area contributed by atoms with Crippen molar-refractivity contribution in [2.75, 3.05) is 6.61 Å². The van der Waals surface area contributed by atoms with E-state index >= 15 is 0 Å². The molecule has 1 unspecified atom stereocenters. The molecule has 1 atom stereocenters. The van der Waals surface area contributed by atoms with E-state index < -0.39 is 0 Å². The van der Waals surface area contributed by atoms with Crippen LogP contribution in [0.1, 0.15) is 32.8 Å². The molecule has 3 nitrogen and oxygen atoms in total. The van der Waals surface area contributed by atoms with Gasteiger partial charge in [-0.2, -0.15) is 0 Å². The van der Waals surface area contributed by atoms with Gasteiger partial charge in [-0.3, -0.25) is 4.79 Å². The molecule has 0 aliphatic rings. The third kappa shape index (κ3) is 3.77. The lowest BCUT2D eigenvalue weighted by Gasteiger charge is -2.11. The summed E-state index contributed by atoms with van der Waals surface area (Å²) in [6, 6.07) is 5.25. The number of carbonyl (C=O) groups excluding carboxylic acids is 1. The summed E-state index contributed by atoms with van der Waals surface area (Å²) in [6.45, 7) is 6.19. The Kier molecular flexibility index (Phi) is 5.01. The smallest absolute Gasteiger partial charge is 0.161 e. The van der Waals surface area contributed by atoms with Crippen LogP contribution in [0.15, 0.2) is 18.2 Å². The molecule has 94 valence electrons. The lowest BCUT2D eigenvalue weighted by atomic mass is 9.95. The number of ketones is 1. The number of hydrogen-bond acceptors (Lipinski definition) is 3. The highest BCUT2D eigenvalue weighted by molar-refractivity contribution is 5.80. The molecule has 0 saturated heterocycles. The van der Waals surface area contributed by atoms with E-state index in [4.69, 9.17) is 4.74 Å². The van der Waals surface area contributed by atoms with Crippen LogP contribution in [-0.4, -0.2) is 17.5 Å². The first-order valence-electron chi connectivity index (χ1n) is 6.05. The van der Waals surface area contributed by atoms with Crippen molar-refractivity contribution >= 4 is 5.78 Å². The minimum absolute atomic E-state index is 0.0130. The molecule has 0 aliphatic carbocycles. The molecular weight excluding hydrogens is 216 g/mol. The third-order valence-corrected chi connectivity index (χ3v) is 2.76. The maximum Gasteiger partial charge on any atom is 0.161 e. The minimum Gasteiger partial charge on any atom is -0.504 e. The average molecular weight is 236 g/mol. The summed E-state index contributed by atoms with van der Waals surface area (Å²) in [5, 5.41) is 9.56. The van der Waals surface area contributed by atoms with Gasteiger partial charge in [0.15, 0.2) is 11.5 Å². The van der Waals surface area contributed by atoms with Crippen LogP contribution in [0.25, 0.3) is 0 Å². The van der Waals surface area contributed by atoms with Crippen molar-refractivity contribution in [2.45, 2.75) is 33.6 Å².